The number of phenols is 2. The number of alkyl halides is 2. The molecule has 3 aromatic carbocycles. The van der Waals surface area contributed by atoms with Crippen LogP contribution in [0.25, 0.3) is 0 Å². The third-order valence-electron chi connectivity index (χ3n) is 9.69. The summed E-state index contributed by atoms with van der Waals surface area (Å²) in [5, 5.41) is 30.5. The Bertz CT molecular complexity index is 1990. The number of amides is 4. The fourth-order valence-corrected chi connectivity index (χ4v) is 8.53. The van der Waals surface area contributed by atoms with Gasteiger partial charge in [0.1, 0.15) is 17.1 Å². The van der Waals surface area contributed by atoms with Crippen molar-refractivity contribution >= 4 is 64.2 Å². The average Bonchev–Trinajstić information content (AvgIpc) is 3.37. The van der Waals surface area contributed by atoms with Gasteiger partial charge in [0.25, 0.3) is 11.8 Å². The summed E-state index contributed by atoms with van der Waals surface area (Å²) < 4.78 is 28.6. The number of anilines is 2. The van der Waals surface area contributed by atoms with Crippen LogP contribution in [-0.4, -0.2) is 54.7 Å². The van der Waals surface area contributed by atoms with Crippen molar-refractivity contribution in [3.05, 3.63) is 95.1 Å². The predicted molar refractivity (Wildman–Crippen MR) is 162 cm³/mol. The number of rotatable bonds is 4. The number of carboxylic acids is 1. The molecule has 1 saturated carbocycles. The maximum atomic E-state index is 14.8. The van der Waals surface area contributed by atoms with E-state index in [2.05, 4.69) is 0 Å². The van der Waals surface area contributed by atoms with Crippen LogP contribution in [0.3, 0.4) is 0 Å². The molecule has 240 valence electrons. The minimum absolute atomic E-state index is 0.0456. The van der Waals surface area contributed by atoms with Crippen LogP contribution >= 0.6 is 23.2 Å². The van der Waals surface area contributed by atoms with Gasteiger partial charge in [0, 0.05) is 17.5 Å². The first-order chi connectivity index (χ1) is 22.2. The Morgan fingerprint density at radius 1 is 0.851 bits per heavy atom. The fraction of sp³-hybridized carbons (Fsp3) is 0.242. The summed E-state index contributed by atoms with van der Waals surface area (Å²) in [6.07, 6.45) is 1.12. The van der Waals surface area contributed by atoms with Crippen molar-refractivity contribution in [1.29, 1.82) is 0 Å². The summed E-state index contributed by atoms with van der Waals surface area (Å²) in [5.74, 6) is -12.7. The molecule has 2 saturated heterocycles. The van der Waals surface area contributed by atoms with Gasteiger partial charge < -0.3 is 15.3 Å². The SMILES string of the molecule is O=C(O)c1ccc(N2C(=O)[C@H]3[C@H](CC=C4[C@H]3C[C@@]3(Cl)C(=O)N(c5ccc(F)cc5)C(=O)[C@@]3(Cl)[C@H]4c3cccc(F)c3O)C2=O)cc1O. The van der Waals surface area contributed by atoms with Crippen LogP contribution < -0.4 is 9.80 Å². The summed E-state index contributed by atoms with van der Waals surface area (Å²) in [6, 6.07) is 11.2. The van der Waals surface area contributed by atoms with E-state index < -0.39 is 98.1 Å². The zero-order valence-corrected chi connectivity index (χ0v) is 25.4. The van der Waals surface area contributed by atoms with Crippen LogP contribution in [0.15, 0.2) is 72.3 Å². The summed E-state index contributed by atoms with van der Waals surface area (Å²) in [5.41, 5.74) is -0.472. The molecule has 0 bridgehead atoms. The normalized spacial score (nSPS) is 29.8. The van der Waals surface area contributed by atoms with E-state index in [9.17, 15) is 48.1 Å². The monoisotopic (exact) mass is 682 g/mol. The molecular formula is C33H22Cl2F2N2O8. The molecule has 14 heteroatoms. The zero-order chi connectivity index (χ0) is 33.7. The maximum absolute atomic E-state index is 14.8. The topological polar surface area (TPSA) is 153 Å². The summed E-state index contributed by atoms with van der Waals surface area (Å²) >= 11 is 14.4. The van der Waals surface area contributed by atoms with Gasteiger partial charge in [0.05, 0.1) is 23.2 Å². The van der Waals surface area contributed by atoms with Crippen LogP contribution in [0.4, 0.5) is 20.2 Å². The molecule has 0 aromatic heterocycles. The Morgan fingerprint density at radius 3 is 2.19 bits per heavy atom. The van der Waals surface area contributed by atoms with Crippen molar-refractivity contribution in [3.63, 3.8) is 0 Å². The number of aromatic carboxylic acids is 1. The molecule has 7 rings (SSSR count). The lowest BCUT2D eigenvalue weighted by Gasteiger charge is -2.50. The Labute approximate surface area is 274 Å². The zero-order valence-electron chi connectivity index (χ0n) is 23.9. The smallest absolute Gasteiger partial charge is 0.339 e. The van der Waals surface area contributed by atoms with Gasteiger partial charge in [-0.15, -0.1) is 23.2 Å². The number of imide groups is 2. The van der Waals surface area contributed by atoms with E-state index in [0.29, 0.717) is 4.90 Å². The largest absolute Gasteiger partial charge is 0.507 e. The molecule has 3 fully saturated rings. The van der Waals surface area contributed by atoms with Crippen molar-refractivity contribution in [1.82, 2.24) is 0 Å². The molecule has 4 amide bonds. The minimum Gasteiger partial charge on any atom is -0.507 e. The van der Waals surface area contributed by atoms with E-state index in [1.165, 1.54) is 30.3 Å². The number of carboxylic acid groups (broad SMARTS) is 1. The number of carbonyl (C=O) groups is 5. The maximum Gasteiger partial charge on any atom is 0.339 e. The Hall–Kier alpha value is -4.81. The van der Waals surface area contributed by atoms with Gasteiger partial charge in [0.15, 0.2) is 21.3 Å². The molecule has 2 aliphatic carbocycles. The fourth-order valence-electron chi connectivity index (χ4n) is 7.60. The van der Waals surface area contributed by atoms with E-state index in [4.69, 9.17) is 23.2 Å². The van der Waals surface area contributed by atoms with Gasteiger partial charge in [0.2, 0.25) is 11.8 Å². The van der Waals surface area contributed by atoms with E-state index in [-0.39, 0.29) is 28.9 Å². The Morgan fingerprint density at radius 2 is 1.53 bits per heavy atom. The molecule has 3 N–H and O–H groups in total. The van der Waals surface area contributed by atoms with Crippen LogP contribution in [-0.2, 0) is 19.2 Å². The van der Waals surface area contributed by atoms with Crippen molar-refractivity contribution < 1.29 is 48.1 Å². The molecule has 6 atom stereocenters. The van der Waals surface area contributed by atoms with E-state index in [0.717, 1.165) is 35.2 Å². The van der Waals surface area contributed by atoms with E-state index >= 15 is 0 Å². The standard InChI is InChI=1S/C33H22Cl2F2N2O8/c34-32-13-21-17(10-11-19-24(21)28(43)38(27(19)42)16-8-9-18(29(44)45)23(40)12-16)25(20-2-1-3-22(37)26(20)41)33(32,35)31(47)39(30(32)46)15-6-4-14(36)5-7-15/h1-10,12,19,21,24-25,40-41H,11,13H2,(H,44,45)/t19-,21+,24-,25+,32+,33-/m0/s1. The number of benzene rings is 3. The predicted octanol–water partition coefficient (Wildman–Crippen LogP) is 4.84. The first-order valence-corrected chi connectivity index (χ1v) is 15.1. The number of phenolic OH excluding ortho intramolecular Hbond substituents is 1. The molecule has 0 spiro atoms. The number of hydrogen-bond acceptors (Lipinski definition) is 7. The summed E-state index contributed by atoms with van der Waals surface area (Å²) in [4.78, 5) is 64.7. The van der Waals surface area contributed by atoms with E-state index in [1.54, 1.807) is 6.08 Å². The van der Waals surface area contributed by atoms with Gasteiger partial charge in [-0.25, -0.2) is 23.4 Å². The first kappa shape index (κ1) is 30.8. The minimum atomic E-state index is -2.37. The van der Waals surface area contributed by atoms with Crippen molar-refractivity contribution in [2.24, 2.45) is 17.8 Å². The van der Waals surface area contributed by atoms with Gasteiger partial charge in [-0.1, -0.05) is 23.8 Å². The van der Waals surface area contributed by atoms with E-state index in [1.807, 2.05) is 0 Å². The molecule has 4 aliphatic rings. The lowest BCUT2D eigenvalue weighted by atomic mass is 9.56. The second kappa shape index (κ2) is 10.3. The van der Waals surface area contributed by atoms with Crippen LogP contribution in [0, 0.1) is 29.4 Å². The van der Waals surface area contributed by atoms with Crippen LogP contribution in [0.2, 0.25) is 0 Å². The van der Waals surface area contributed by atoms with Crippen LogP contribution in [0.1, 0.15) is 34.7 Å². The molecule has 2 aliphatic heterocycles. The lowest BCUT2D eigenvalue weighted by molar-refractivity contribution is -0.125. The number of halogens is 4. The van der Waals surface area contributed by atoms with Crippen molar-refractivity contribution in [3.8, 4) is 11.5 Å². The summed E-state index contributed by atoms with van der Waals surface area (Å²) in [7, 11) is 0. The van der Waals surface area contributed by atoms with Crippen molar-refractivity contribution in [2.45, 2.75) is 28.5 Å². The van der Waals surface area contributed by atoms with Crippen LogP contribution in [0.5, 0.6) is 11.5 Å². The second-order valence-corrected chi connectivity index (χ2v) is 13.2. The number of carbonyl (C=O) groups excluding carboxylic acids is 4. The molecule has 47 heavy (non-hydrogen) atoms. The quantitative estimate of drug-likeness (QED) is 0.201. The number of fused-ring (bicyclic) bond motifs is 4. The molecule has 0 radical (unpaired) electrons. The first-order valence-electron chi connectivity index (χ1n) is 14.4. The molecular weight excluding hydrogens is 661 g/mol. The molecule has 0 unspecified atom stereocenters. The number of hydrogen-bond donors (Lipinski definition) is 3. The third kappa shape index (κ3) is 4.04. The highest BCUT2D eigenvalue weighted by molar-refractivity contribution is 6.58. The van der Waals surface area contributed by atoms with Gasteiger partial charge >= 0.3 is 5.97 Å². The highest BCUT2D eigenvalue weighted by atomic mass is 35.5. The lowest BCUT2D eigenvalue weighted by Crippen LogP contribution is -2.60. The number of aromatic hydroxyl groups is 2. The number of nitrogens with zero attached hydrogens (tertiary/aromatic N) is 2. The highest BCUT2D eigenvalue weighted by Crippen LogP contribution is 2.66. The van der Waals surface area contributed by atoms with Gasteiger partial charge in [-0.2, -0.15) is 0 Å². The molecule has 10 nitrogen and oxygen atoms in total. The molecule has 2 heterocycles. The Balaban J connectivity index is 1.39. The highest BCUT2D eigenvalue weighted by Gasteiger charge is 2.77. The van der Waals surface area contributed by atoms with Gasteiger partial charge in [-0.3, -0.25) is 19.2 Å². The second-order valence-electron chi connectivity index (χ2n) is 11.9. The Kier molecular flexibility index (Phi) is 6.79. The number of allylic oxidation sites excluding steroid dienone is 2. The van der Waals surface area contributed by atoms with Gasteiger partial charge in [-0.05, 0) is 61.2 Å². The summed E-state index contributed by atoms with van der Waals surface area (Å²) in [6.45, 7) is 0. The third-order valence-corrected chi connectivity index (χ3v) is 11.1. The van der Waals surface area contributed by atoms with Crippen molar-refractivity contribution in [2.75, 3.05) is 9.80 Å². The average molecular weight is 683 g/mol. The molecule has 3 aromatic rings. The number of para-hydroxylation sites is 1.